The minimum atomic E-state index is -1.18. The highest BCUT2D eigenvalue weighted by Crippen LogP contribution is 2.70. The molecule has 4 aliphatic carbocycles. The van der Waals surface area contributed by atoms with Crippen molar-refractivity contribution in [3.63, 3.8) is 0 Å². The van der Waals surface area contributed by atoms with Crippen molar-refractivity contribution < 1.29 is 44.6 Å². The Bertz CT molecular complexity index is 1040. The SMILES string of the molecule is C[C@@H]1O[C@@H](O[C@H]2CC[C@]3(/C=N/O)[C@H]4CC[C@]5(C)[C@@H](C6=CC(=O)OC6)CC[C@]5(O)[C@@H]4CC[C@]3(O)C2)C[C@@H](O)[C@@H]1O. The minimum Gasteiger partial charge on any atom is -0.458 e. The molecule has 2 aliphatic heterocycles. The molecule has 1 saturated heterocycles. The van der Waals surface area contributed by atoms with Gasteiger partial charge < -0.3 is 39.8 Å². The Labute approximate surface area is 229 Å². The third kappa shape index (κ3) is 3.96. The van der Waals surface area contributed by atoms with E-state index >= 15 is 0 Å². The second kappa shape index (κ2) is 9.49. The highest BCUT2D eigenvalue weighted by molar-refractivity contribution is 5.85. The van der Waals surface area contributed by atoms with Crippen molar-refractivity contribution in [3.8, 4) is 0 Å². The van der Waals surface area contributed by atoms with E-state index in [1.807, 2.05) is 0 Å². The molecule has 218 valence electrons. The molecule has 5 N–H and O–H groups in total. The number of cyclic esters (lactones) is 1. The summed E-state index contributed by atoms with van der Waals surface area (Å²) in [4.78, 5) is 11.8. The highest BCUT2D eigenvalue weighted by Gasteiger charge is 2.71. The zero-order valence-electron chi connectivity index (χ0n) is 22.9. The number of rotatable bonds is 4. The fourth-order valence-corrected chi connectivity index (χ4v) is 9.89. The van der Waals surface area contributed by atoms with Gasteiger partial charge in [0.15, 0.2) is 6.29 Å². The smallest absolute Gasteiger partial charge is 0.331 e. The zero-order valence-corrected chi connectivity index (χ0v) is 22.9. The van der Waals surface area contributed by atoms with E-state index in [-0.39, 0.29) is 36.2 Å². The molecule has 10 nitrogen and oxygen atoms in total. The Morgan fingerprint density at radius 1 is 1.08 bits per heavy atom. The van der Waals surface area contributed by atoms with Gasteiger partial charge in [0.25, 0.3) is 0 Å². The molecule has 0 radical (unpaired) electrons. The molecule has 6 aliphatic rings. The Balaban J connectivity index is 1.24. The molecule has 10 heteroatoms. The Morgan fingerprint density at radius 2 is 1.85 bits per heavy atom. The summed E-state index contributed by atoms with van der Waals surface area (Å²) in [5, 5.41) is 58.2. The number of hydrogen-bond donors (Lipinski definition) is 5. The number of aliphatic hydroxyl groups excluding tert-OH is 2. The summed E-state index contributed by atoms with van der Waals surface area (Å²) in [5.41, 5.74) is -2.37. The molecule has 0 aromatic carbocycles. The van der Waals surface area contributed by atoms with Crippen LogP contribution in [0.15, 0.2) is 16.8 Å². The van der Waals surface area contributed by atoms with Crippen molar-refractivity contribution in [2.75, 3.05) is 6.61 Å². The Hall–Kier alpha value is -1.56. The first-order chi connectivity index (χ1) is 18.5. The lowest BCUT2D eigenvalue weighted by molar-refractivity contribution is -0.282. The molecule has 0 bridgehead atoms. The van der Waals surface area contributed by atoms with Gasteiger partial charge in [-0.05, 0) is 81.6 Å². The molecule has 0 amide bonds. The van der Waals surface area contributed by atoms with E-state index in [1.54, 1.807) is 13.0 Å². The highest BCUT2D eigenvalue weighted by atomic mass is 16.7. The third-order valence-corrected chi connectivity index (χ3v) is 11.9. The largest absolute Gasteiger partial charge is 0.458 e. The molecule has 5 fully saturated rings. The topological polar surface area (TPSA) is 158 Å². The van der Waals surface area contributed by atoms with Crippen LogP contribution >= 0.6 is 0 Å². The summed E-state index contributed by atoms with van der Waals surface area (Å²) in [6.07, 6.45) is 5.36. The molecular formula is C29H43NO9. The fourth-order valence-electron chi connectivity index (χ4n) is 9.89. The number of esters is 1. The number of oxime groups is 1. The number of ether oxygens (including phenoxy) is 3. The van der Waals surface area contributed by atoms with Crippen molar-refractivity contribution in [1.29, 1.82) is 0 Å². The monoisotopic (exact) mass is 549 g/mol. The van der Waals surface area contributed by atoms with Crippen molar-refractivity contribution >= 4 is 12.2 Å². The van der Waals surface area contributed by atoms with Gasteiger partial charge in [-0.25, -0.2) is 4.79 Å². The van der Waals surface area contributed by atoms with Gasteiger partial charge in [0, 0.05) is 29.7 Å². The molecule has 39 heavy (non-hydrogen) atoms. The van der Waals surface area contributed by atoms with E-state index in [0.29, 0.717) is 45.1 Å². The van der Waals surface area contributed by atoms with Crippen molar-refractivity contribution in [2.24, 2.45) is 33.7 Å². The van der Waals surface area contributed by atoms with Gasteiger partial charge in [-0.2, -0.15) is 0 Å². The minimum absolute atomic E-state index is 0.0664. The van der Waals surface area contributed by atoms with E-state index < -0.39 is 46.6 Å². The van der Waals surface area contributed by atoms with Gasteiger partial charge in [-0.1, -0.05) is 6.92 Å². The lowest BCUT2D eigenvalue weighted by Crippen LogP contribution is -2.69. The number of fused-ring (bicyclic) bond motifs is 5. The van der Waals surface area contributed by atoms with Gasteiger partial charge in [0.05, 0.1) is 35.7 Å². The van der Waals surface area contributed by atoms with E-state index in [9.17, 15) is 30.4 Å². The first-order valence-corrected chi connectivity index (χ1v) is 14.6. The molecule has 0 spiro atoms. The van der Waals surface area contributed by atoms with Crippen LogP contribution in [0, 0.1) is 28.6 Å². The predicted octanol–water partition coefficient (Wildman–Crippen LogP) is 2.04. The van der Waals surface area contributed by atoms with Crippen molar-refractivity contribution in [3.05, 3.63) is 11.6 Å². The number of carbonyl (C=O) groups is 1. The van der Waals surface area contributed by atoms with Crippen LogP contribution < -0.4 is 0 Å². The fraction of sp³-hybridized carbons (Fsp3) is 0.862. The van der Waals surface area contributed by atoms with Crippen LogP contribution in [0.3, 0.4) is 0 Å². The predicted molar refractivity (Wildman–Crippen MR) is 138 cm³/mol. The van der Waals surface area contributed by atoms with Gasteiger partial charge in [0.1, 0.15) is 12.7 Å². The Morgan fingerprint density at radius 3 is 2.54 bits per heavy atom. The van der Waals surface area contributed by atoms with E-state index in [4.69, 9.17) is 14.2 Å². The first-order valence-electron chi connectivity index (χ1n) is 14.6. The quantitative estimate of drug-likeness (QED) is 0.116. The normalized spacial score (nSPS) is 53.6. The maximum absolute atomic E-state index is 12.4. The maximum Gasteiger partial charge on any atom is 0.331 e. The summed E-state index contributed by atoms with van der Waals surface area (Å²) in [7, 11) is 0. The summed E-state index contributed by atoms with van der Waals surface area (Å²) in [6.45, 7) is 4.15. The lowest BCUT2D eigenvalue weighted by Gasteiger charge is -2.65. The zero-order chi connectivity index (χ0) is 27.8. The van der Waals surface area contributed by atoms with E-state index in [1.165, 1.54) is 6.21 Å². The molecule has 12 atom stereocenters. The summed E-state index contributed by atoms with van der Waals surface area (Å²) in [6, 6.07) is 0. The van der Waals surface area contributed by atoms with Gasteiger partial charge in [-0.15, -0.1) is 5.16 Å². The molecule has 0 unspecified atom stereocenters. The maximum atomic E-state index is 12.4. The second-order valence-electron chi connectivity index (χ2n) is 13.4. The number of carbonyl (C=O) groups excluding carboxylic acids is 1. The van der Waals surface area contributed by atoms with Gasteiger partial charge in [-0.3, -0.25) is 0 Å². The molecule has 2 heterocycles. The second-order valence-corrected chi connectivity index (χ2v) is 13.4. The number of nitrogens with zero attached hydrogens (tertiary/aromatic N) is 1. The molecule has 4 saturated carbocycles. The Kier molecular flexibility index (Phi) is 6.72. The molecule has 0 aromatic heterocycles. The lowest BCUT2D eigenvalue weighted by atomic mass is 9.41. The van der Waals surface area contributed by atoms with E-state index in [2.05, 4.69) is 12.1 Å². The van der Waals surface area contributed by atoms with Crippen molar-refractivity contribution in [2.45, 2.75) is 120 Å². The van der Waals surface area contributed by atoms with Crippen LogP contribution in [-0.2, 0) is 19.0 Å². The van der Waals surface area contributed by atoms with Crippen LogP contribution in [0.2, 0.25) is 0 Å². The summed E-state index contributed by atoms with van der Waals surface area (Å²) >= 11 is 0. The van der Waals surface area contributed by atoms with Crippen LogP contribution in [0.25, 0.3) is 0 Å². The molecular weight excluding hydrogens is 506 g/mol. The van der Waals surface area contributed by atoms with Crippen LogP contribution in [-0.4, -0.2) is 86.3 Å². The van der Waals surface area contributed by atoms with Crippen LogP contribution in [0.1, 0.15) is 78.1 Å². The van der Waals surface area contributed by atoms with Crippen molar-refractivity contribution in [1.82, 2.24) is 0 Å². The third-order valence-electron chi connectivity index (χ3n) is 11.9. The summed E-state index contributed by atoms with van der Waals surface area (Å²) in [5.74, 6) is -0.372. The molecule has 6 rings (SSSR count). The van der Waals surface area contributed by atoms with Crippen LogP contribution in [0.4, 0.5) is 0 Å². The number of aliphatic hydroxyl groups is 4. The van der Waals surface area contributed by atoms with E-state index in [0.717, 1.165) is 24.8 Å². The molecule has 0 aromatic rings. The van der Waals surface area contributed by atoms with Crippen LogP contribution in [0.5, 0.6) is 0 Å². The standard InChI is InChI=1S/C29H43NO9/c1-16-25(33)22(31)12-24(38-16)39-18-3-8-27(15-30-36)20-4-7-26(2)19(17-11-23(32)37-14-17)6-10-29(26,35)21(20)5-9-28(27,34)13-18/h11,15-16,18-22,24-25,31,33-36H,3-10,12-14H2,1-2H3/b30-15+/t16-,18-,19+,20-,21+,22+,24-,25+,26+,27-,28-,29-/m0/s1. The van der Waals surface area contributed by atoms with Gasteiger partial charge in [0.2, 0.25) is 0 Å². The number of hydrogen-bond acceptors (Lipinski definition) is 10. The average molecular weight is 550 g/mol. The average Bonchev–Trinajstić information content (AvgIpc) is 3.42. The first kappa shape index (κ1) is 27.6. The summed E-state index contributed by atoms with van der Waals surface area (Å²) < 4.78 is 17.2. The van der Waals surface area contributed by atoms with Gasteiger partial charge >= 0.3 is 5.97 Å².